The molecule has 1 N–H and O–H groups in total. The molecule has 1 amide bonds. The second-order valence-electron chi connectivity index (χ2n) is 6.55. The molecule has 0 bridgehead atoms. The van der Waals surface area contributed by atoms with Gasteiger partial charge in [-0.05, 0) is 30.0 Å². The average molecular weight is 399 g/mol. The minimum Gasteiger partial charge on any atom is -0.467 e. The van der Waals surface area contributed by atoms with E-state index in [4.69, 9.17) is 4.42 Å². The van der Waals surface area contributed by atoms with E-state index in [9.17, 15) is 9.59 Å². The third-order valence-corrected chi connectivity index (χ3v) is 5.52. The molecule has 0 aliphatic rings. The van der Waals surface area contributed by atoms with E-state index in [1.165, 1.54) is 11.3 Å². The number of furan rings is 1. The van der Waals surface area contributed by atoms with Crippen molar-refractivity contribution in [1.82, 2.24) is 24.5 Å². The van der Waals surface area contributed by atoms with Crippen LogP contribution in [0.5, 0.6) is 0 Å². The summed E-state index contributed by atoms with van der Waals surface area (Å²) in [7, 11) is 0. The number of aromatic nitrogens is 4. The van der Waals surface area contributed by atoms with Gasteiger partial charge in [0.15, 0.2) is 0 Å². The van der Waals surface area contributed by atoms with Crippen LogP contribution in [0.15, 0.2) is 39.1 Å². The zero-order valence-electron chi connectivity index (χ0n) is 15.6. The van der Waals surface area contributed by atoms with Gasteiger partial charge in [-0.1, -0.05) is 13.3 Å². The van der Waals surface area contributed by atoms with Gasteiger partial charge in [0.25, 0.3) is 5.56 Å². The molecule has 4 heterocycles. The molecule has 9 heteroatoms. The van der Waals surface area contributed by atoms with E-state index in [0.717, 1.165) is 18.4 Å². The molecular formula is C19H21N5O3S. The predicted octanol–water partition coefficient (Wildman–Crippen LogP) is 2.75. The van der Waals surface area contributed by atoms with Gasteiger partial charge in [0.1, 0.15) is 16.3 Å². The van der Waals surface area contributed by atoms with Crippen molar-refractivity contribution in [3.05, 3.63) is 51.8 Å². The van der Waals surface area contributed by atoms with E-state index in [1.54, 1.807) is 16.9 Å². The third-order valence-electron chi connectivity index (χ3n) is 4.63. The summed E-state index contributed by atoms with van der Waals surface area (Å²) in [6.45, 7) is 3.05. The molecule has 28 heavy (non-hydrogen) atoms. The SMILES string of the molecule is CCCCn1c(=O)c2sccc2n2c(CCC(=O)NCc3ccco3)nnc12. The van der Waals surface area contributed by atoms with Crippen LogP contribution in [-0.2, 0) is 24.3 Å². The Bertz CT molecular complexity index is 1160. The lowest BCUT2D eigenvalue weighted by molar-refractivity contribution is -0.121. The Hall–Kier alpha value is -2.94. The summed E-state index contributed by atoms with van der Waals surface area (Å²) in [5, 5.41) is 13.3. The van der Waals surface area contributed by atoms with Gasteiger partial charge < -0.3 is 9.73 Å². The minimum absolute atomic E-state index is 0.0268. The van der Waals surface area contributed by atoms with Gasteiger partial charge in [0.2, 0.25) is 11.7 Å². The smallest absolute Gasteiger partial charge is 0.272 e. The quantitative estimate of drug-likeness (QED) is 0.492. The maximum Gasteiger partial charge on any atom is 0.272 e. The first-order valence-corrected chi connectivity index (χ1v) is 10.2. The fourth-order valence-corrected chi connectivity index (χ4v) is 4.00. The largest absolute Gasteiger partial charge is 0.467 e. The number of amides is 1. The average Bonchev–Trinajstić information content (AvgIpc) is 3.44. The molecule has 0 saturated carbocycles. The first kappa shape index (κ1) is 18.4. The van der Waals surface area contributed by atoms with Crippen molar-refractivity contribution in [2.75, 3.05) is 0 Å². The number of rotatable bonds is 8. The number of fused-ring (bicyclic) bond motifs is 3. The van der Waals surface area contributed by atoms with Gasteiger partial charge in [0.05, 0.1) is 18.3 Å². The molecule has 4 rings (SSSR count). The van der Waals surface area contributed by atoms with Crippen molar-refractivity contribution in [3.63, 3.8) is 0 Å². The van der Waals surface area contributed by atoms with Gasteiger partial charge in [-0.25, -0.2) is 0 Å². The molecule has 4 aromatic heterocycles. The molecule has 0 aliphatic heterocycles. The molecule has 146 valence electrons. The molecule has 0 atom stereocenters. The zero-order chi connectivity index (χ0) is 19.5. The van der Waals surface area contributed by atoms with Crippen LogP contribution in [0.2, 0.25) is 0 Å². The molecule has 0 unspecified atom stereocenters. The Morgan fingerprint density at radius 3 is 3.00 bits per heavy atom. The highest BCUT2D eigenvalue weighted by atomic mass is 32.1. The maximum absolute atomic E-state index is 12.8. The van der Waals surface area contributed by atoms with E-state index >= 15 is 0 Å². The highest BCUT2D eigenvalue weighted by molar-refractivity contribution is 7.17. The summed E-state index contributed by atoms with van der Waals surface area (Å²) in [5.41, 5.74) is 0.773. The molecule has 4 aromatic rings. The number of nitrogens with one attached hydrogen (secondary N) is 1. The lowest BCUT2D eigenvalue weighted by Gasteiger charge is -2.09. The molecule has 0 spiro atoms. The standard InChI is InChI=1S/C19H21N5O3S/c1-2-3-9-23-18(26)17-14(8-11-28-17)24-15(21-22-19(23)24)6-7-16(25)20-12-13-5-4-10-27-13/h4-5,8,10-11H,2-3,6-7,9,12H2,1H3,(H,20,25). The number of aryl methyl sites for hydroxylation is 2. The number of carbonyl (C=O) groups is 1. The second-order valence-corrected chi connectivity index (χ2v) is 7.47. The molecule has 8 nitrogen and oxygen atoms in total. The topological polar surface area (TPSA) is 94.4 Å². The number of nitrogens with zero attached hydrogens (tertiary/aromatic N) is 4. The zero-order valence-corrected chi connectivity index (χ0v) is 16.4. The van der Waals surface area contributed by atoms with E-state index < -0.39 is 0 Å². The molecule has 0 radical (unpaired) electrons. The van der Waals surface area contributed by atoms with Crippen LogP contribution in [0.1, 0.15) is 37.8 Å². The number of hydrogen-bond donors (Lipinski definition) is 1. The first-order valence-electron chi connectivity index (χ1n) is 9.32. The van der Waals surface area contributed by atoms with Crippen molar-refractivity contribution >= 4 is 33.2 Å². The maximum atomic E-state index is 12.8. The fraction of sp³-hybridized carbons (Fsp3) is 0.368. The summed E-state index contributed by atoms with van der Waals surface area (Å²) < 4.78 is 9.50. The van der Waals surface area contributed by atoms with E-state index in [-0.39, 0.29) is 17.9 Å². The summed E-state index contributed by atoms with van der Waals surface area (Å²) in [6, 6.07) is 5.51. The molecular weight excluding hydrogens is 378 g/mol. The van der Waals surface area contributed by atoms with Crippen LogP contribution in [0, 0.1) is 0 Å². The Morgan fingerprint density at radius 1 is 1.32 bits per heavy atom. The molecule has 0 saturated heterocycles. The van der Waals surface area contributed by atoms with Gasteiger partial charge in [-0.2, -0.15) is 0 Å². The number of unbranched alkanes of at least 4 members (excludes halogenated alkanes) is 1. The van der Waals surface area contributed by atoms with Crippen molar-refractivity contribution in [2.24, 2.45) is 0 Å². The first-order chi connectivity index (χ1) is 13.7. The summed E-state index contributed by atoms with van der Waals surface area (Å²) in [6.07, 6.45) is 4.17. The van der Waals surface area contributed by atoms with Crippen LogP contribution in [0.3, 0.4) is 0 Å². The van der Waals surface area contributed by atoms with Gasteiger partial charge in [-0.15, -0.1) is 21.5 Å². The lowest BCUT2D eigenvalue weighted by Crippen LogP contribution is -2.24. The number of hydrogen-bond acceptors (Lipinski definition) is 6. The van der Waals surface area contributed by atoms with Crippen molar-refractivity contribution < 1.29 is 9.21 Å². The van der Waals surface area contributed by atoms with Crippen molar-refractivity contribution in [1.29, 1.82) is 0 Å². The third kappa shape index (κ3) is 3.45. The summed E-state index contributed by atoms with van der Waals surface area (Å²) in [4.78, 5) is 25.0. The van der Waals surface area contributed by atoms with Crippen LogP contribution >= 0.6 is 11.3 Å². The van der Waals surface area contributed by atoms with Gasteiger partial charge in [0, 0.05) is 19.4 Å². The van der Waals surface area contributed by atoms with Crippen LogP contribution in [0.25, 0.3) is 16.0 Å². The van der Waals surface area contributed by atoms with E-state index in [0.29, 0.717) is 41.6 Å². The van der Waals surface area contributed by atoms with Crippen LogP contribution < -0.4 is 10.9 Å². The Morgan fingerprint density at radius 2 is 2.21 bits per heavy atom. The predicted molar refractivity (Wildman–Crippen MR) is 106 cm³/mol. The monoisotopic (exact) mass is 399 g/mol. The van der Waals surface area contributed by atoms with Crippen molar-refractivity contribution in [2.45, 2.75) is 45.7 Å². The summed E-state index contributed by atoms with van der Waals surface area (Å²) >= 11 is 1.42. The van der Waals surface area contributed by atoms with Crippen LogP contribution in [0.4, 0.5) is 0 Å². The Labute approximate surface area is 164 Å². The fourth-order valence-electron chi connectivity index (χ4n) is 3.17. The molecule has 0 fully saturated rings. The Kier molecular flexibility index (Phi) is 5.25. The lowest BCUT2D eigenvalue weighted by atomic mass is 10.2. The van der Waals surface area contributed by atoms with Gasteiger partial charge >= 0.3 is 0 Å². The number of carbonyl (C=O) groups excluding carboxylic acids is 1. The van der Waals surface area contributed by atoms with Crippen molar-refractivity contribution in [3.8, 4) is 0 Å². The van der Waals surface area contributed by atoms with Gasteiger partial charge in [-0.3, -0.25) is 18.6 Å². The minimum atomic E-state index is -0.0889. The van der Waals surface area contributed by atoms with Crippen LogP contribution in [-0.4, -0.2) is 25.1 Å². The summed E-state index contributed by atoms with van der Waals surface area (Å²) in [5.74, 6) is 1.84. The number of thiophene rings is 1. The molecule has 0 aromatic carbocycles. The second kappa shape index (κ2) is 7.97. The van der Waals surface area contributed by atoms with E-state index in [1.807, 2.05) is 21.9 Å². The highest BCUT2D eigenvalue weighted by Gasteiger charge is 2.17. The Balaban J connectivity index is 1.58. The van der Waals surface area contributed by atoms with E-state index in [2.05, 4.69) is 22.4 Å². The highest BCUT2D eigenvalue weighted by Crippen LogP contribution is 2.20. The normalized spacial score (nSPS) is 11.5. The molecule has 0 aliphatic carbocycles.